The minimum atomic E-state index is 0.535. The number of rotatable bonds is 2. The van der Waals surface area contributed by atoms with Gasteiger partial charge in [-0.25, -0.2) is 9.97 Å². The average molecular weight is 368 g/mol. The molecule has 0 amide bonds. The minimum Gasteiger partial charge on any atom is -0.255 e. The van der Waals surface area contributed by atoms with Crippen molar-refractivity contribution in [3.05, 3.63) is 90.1 Å². The van der Waals surface area contributed by atoms with Gasteiger partial charge in [0.05, 0.1) is 27.4 Å². The second-order valence-electron chi connectivity index (χ2n) is 6.29. The molecule has 0 saturated heterocycles. The number of pyridine rings is 1. The van der Waals surface area contributed by atoms with E-state index in [4.69, 9.17) is 21.6 Å². The van der Waals surface area contributed by atoms with E-state index in [9.17, 15) is 0 Å². The summed E-state index contributed by atoms with van der Waals surface area (Å²) in [6, 6.07) is 26.1. The van der Waals surface area contributed by atoms with Crippen molar-refractivity contribution in [1.82, 2.24) is 15.0 Å². The lowest BCUT2D eigenvalue weighted by Crippen LogP contribution is -1.97. The average Bonchev–Trinajstić information content (AvgIpc) is 2.74. The zero-order valence-corrected chi connectivity index (χ0v) is 15.1. The molecule has 3 aromatic carbocycles. The molecule has 128 valence electrons. The van der Waals surface area contributed by atoms with Gasteiger partial charge in [0.2, 0.25) is 0 Å². The molecule has 27 heavy (non-hydrogen) atoms. The molecule has 0 unspecified atom stereocenters. The first-order valence-electron chi connectivity index (χ1n) is 8.67. The van der Waals surface area contributed by atoms with Gasteiger partial charge in [0.1, 0.15) is 5.52 Å². The fraction of sp³-hybridized carbons (Fsp3) is 0. The van der Waals surface area contributed by atoms with Crippen LogP contribution in [0.5, 0.6) is 0 Å². The van der Waals surface area contributed by atoms with Crippen molar-refractivity contribution in [3.8, 4) is 22.5 Å². The molecule has 5 aromatic rings. The molecule has 0 atom stereocenters. The maximum absolute atomic E-state index is 6.67. The Morgan fingerprint density at radius 3 is 1.93 bits per heavy atom. The van der Waals surface area contributed by atoms with Crippen LogP contribution < -0.4 is 0 Å². The number of benzene rings is 3. The largest absolute Gasteiger partial charge is 0.255 e. The second-order valence-corrected chi connectivity index (χ2v) is 6.66. The Labute approximate surface area is 161 Å². The van der Waals surface area contributed by atoms with Crippen LogP contribution in [0.3, 0.4) is 0 Å². The van der Waals surface area contributed by atoms with E-state index in [2.05, 4.69) is 4.98 Å². The lowest BCUT2D eigenvalue weighted by Gasteiger charge is -2.12. The molecule has 3 nitrogen and oxygen atoms in total. The number of hydrogen-bond acceptors (Lipinski definition) is 3. The summed E-state index contributed by atoms with van der Waals surface area (Å²) in [4.78, 5) is 14.3. The molecule has 0 bridgehead atoms. The van der Waals surface area contributed by atoms with Crippen LogP contribution in [0, 0.1) is 0 Å². The highest BCUT2D eigenvalue weighted by atomic mass is 35.5. The van der Waals surface area contributed by atoms with Gasteiger partial charge in [-0.05, 0) is 12.1 Å². The fourth-order valence-electron chi connectivity index (χ4n) is 3.28. The summed E-state index contributed by atoms with van der Waals surface area (Å²) in [7, 11) is 0. The van der Waals surface area contributed by atoms with Crippen molar-refractivity contribution in [1.29, 1.82) is 0 Å². The Bertz CT molecular complexity index is 1270. The number of fused-ring (bicyclic) bond motifs is 2. The summed E-state index contributed by atoms with van der Waals surface area (Å²) in [6.07, 6.45) is 1.74. The third-order valence-electron chi connectivity index (χ3n) is 4.56. The summed E-state index contributed by atoms with van der Waals surface area (Å²) >= 11 is 6.67. The first-order valence-corrected chi connectivity index (χ1v) is 9.05. The molecular weight excluding hydrogens is 354 g/mol. The van der Waals surface area contributed by atoms with E-state index in [0.29, 0.717) is 10.5 Å². The molecule has 0 fully saturated rings. The third kappa shape index (κ3) is 2.73. The summed E-state index contributed by atoms with van der Waals surface area (Å²) in [6.45, 7) is 0. The van der Waals surface area contributed by atoms with Crippen molar-refractivity contribution in [2.24, 2.45) is 0 Å². The zero-order valence-electron chi connectivity index (χ0n) is 14.3. The van der Waals surface area contributed by atoms with Gasteiger partial charge >= 0.3 is 0 Å². The molecule has 5 rings (SSSR count). The molecule has 0 spiro atoms. The van der Waals surface area contributed by atoms with E-state index >= 15 is 0 Å². The first kappa shape index (κ1) is 15.9. The maximum atomic E-state index is 6.67. The second kappa shape index (κ2) is 6.45. The van der Waals surface area contributed by atoms with E-state index in [1.807, 2.05) is 78.9 Å². The molecular formula is C23H14ClN3. The van der Waals surface area contributed by atoms with Crippen LogP contribution in [0.4, 0.5) is 0 Å². The van der Waals surface area contributed by atoms with Gasteiger partial charge in [0.15, 0.2) is 0 Å². The highest BCUT2D eigenvalue weighted by Crippen LogP contribution is 2.35. The molecule has 0 N–H and O–H groups in total. The molecule has 2 aromatic heterocycles. The monoisotopic (exact) mass is 367 g/mol. The van der Waals surface area contributed by atoms with Crippen LogP contribution >= 0.6 is 11.6 Å². The van der Waals surface area contributed by atoms with Crippen LogP contribution in [0.15, 0.2) is 85.1 Å². The van der Waals surface area contributed by atoms with E-state index < -0.39 is 0 Å². The summed E-state index contributed by atoms with van der Waals surface area (Å²) in [5, 5.41) is 1.49. The van der Waals surface area contributed by atoms with E-state index in [1.165, 1.54) is 0 Å². The topological polar surface area (TPSA) is 38.7 Å². The van der Waals surface area contributed by atoms with Gasteiger partial charge in [-0.2, -0.15) is 0 Å². The van der Waals surface area contributed by atoms with Crippen LogP contribution in [-0.4, -0.2) is 15.0 Å². The summed E-state index contributed by atoms with van der Waals surface area (Å²) in [5.41, 5.74) is 5.85. The maximum Gasteiger partial charge on any atom is 0.110 e. The molecule has 0 aliphatic carbocycles. The Hall–Kier alpha value is -3.30. The number of nitrogens with zero attached hydrogens (tertiary/aromatic N) is 3. The highest BCUT2D eigenvalue weighted by Gasteiger charge is 2.16. The molecule has 0 radical (unpaired) electrons. The van der Waals surface area contributed by atoms with Crippen molar-refractivity contribution in [2.45, 2.75) is 0 Å². The van der Waals surface area contributed by atoms with Gasteiger partial charge in [-0.1, -0.05) is 78.3 Å². The van der Waals surface area contributed by atoms with Gasteiger partial charge in [-0.15, -0.1) is 0 Å². The normalized spacial score (nSPS) is 11.1. The minimum absolute atomic E-state index is 0.535. The molecule has 0 aliphatic rings. The Kier molecular flexibility index (Phi) is 3.80. The SMILES string of the molecule is Clc1c2ncccc2cc2nc(-c3ccccc3)c(-c3ccccc3)nc12. The lowest BCUT2D eigenvalue weighted by atomic mass is 10.0. The van der Waals surface area contributed by atoms with E-state index in [-0.39, 0.29) is 0 Å². The predicted octanol–water partition coefficient (Wildman–Crippen LogP) is 6.17. The van der Waals surface area contributed by atoms with Crippen molar-refractivity contribution < 1.29 is 0 Å². The molecule has 0 aliphatic heterocycles. The van der Waals surface area contributed by atoms with Crippen molar-refractivity contribution >= 4 is 33.5 Å². The van der Waals surface area contributed by atoms with Crippen molar-refractivity contribution in [2.75, 3.05) is 0 Å². The highest BCUT2D eigenvalue weighted by molar-refractivity contribution is 6.39. The van der Waals surface area contributed by atoms with Crippen LogP contribution in [-0.2, 0) is 0 Å². The Balaban J connectivity index is 1.90. The van der Waals surface area contributed by atoms with Crippen LogP contribution in [0.1, 0.15) is 0 Å². The van der Waals surface area contributed by atoms with Gasteiger partial charge < -0.3 is 0 Å². The van der Waals surface area contributed by atoms with Crippen LogP contribution in [0.25, 0.3) is 44.5 Å². The molecule has 4 heteroatoms. The summed E-state index contributed by atoms with van der Waals surface area (Å²) < 4.78 is 0. The lowest BCUT2D eigenvalue weighted by molar-refractivity contribution is 1.29. The smallest absolute Gasteiger partial charge is 0.110 e. The molecule has 2 heterocycles. The van der Waals surface area contributed by atoms with E-state index in [0.717, 1.165) is 38.9 Å². The third-order valence-corrected chi connectivity index (χ3v) is 4.92. The number of hydrogen-bond donors (Lipinski definition) is 0. The summed E-state index contributed by atoms with van der Waals surface area (Å²) in [5.74, 6) is 0. The molecule has 0 saturated carbocycles. The standard InChI is InChI=1S/C23H14ClN3/c24-19-20-17(12-7-13-25-20)14-18-23(19)27-22(16-10-5-2-6-11-16)21(26-18)15-8-3-1-4-9-15/h1-14H. The Morgan fingerprint density at radius 1 is 0.630 bits per heavy atom. The van der Waals surface area contributed by atoms with Gasteiger partial charge in [0, 0.05) is 22.7 Å². The zero-order chi connectivity index (χ0) is 18.2. The Morgan fingerprint density at radius 2 is 1.26 bits per heavy atom. The predicted molar refractivity (Wildman–Crippen MR) is 111 cm³/mol. The first-order chi connectivity index (χ1) is 13.3. The fourth-order valence-corrected chi connectivity index (χ4v) is 3.58. The van der Waals surface area contributed by atoms with Gasteiger partial charge in [-0.3, -0.25) is 4.98 Å². The van der Waals surface area contributed by atoms with Crippen LogP contribution in [0.2, 0.25) is 5.02 Å². The van der Waals surface area contributed by atoms with Gasteiger partial charge in [0.25, 0.3) is 0 Å². The number of aromatic nitrogens is 3. The van der Waals surface area contributed by atoms with E-state index in [1.54, 1.807) is 6.20 Å². The quantitative estimate of drug-likeness (QED) is 0.350. The van der Waals surface area contributed by atoms with Crippen molar-refractivity contribution in [3.63, 3.8) is 0 Å². The number of halogens is 1.